The van der Waals surface area contributed by atoms with Crippen molar-refractivity contribution in [1.82, 2.24) is 10.2 Å². The molecule has 0 saturated heterocycles. The molecule has 0 aliphatic heterocycles. The molecule has 2 unspecified atom stereocenters. The zero-order valence-electron chi connectivity index (χ0n) is 12.1. The number of alkyl halides is 3. The van der Waals surface area contributed by atoms with Crippen molar-refractivity contribution in [3.63, 3.8) is 0 Å². The summed E-state index contributed by atoms with van der Waals surface area (Å²) in [6.45, 7) is 1.78. The molecule has 2 atom stereocenters. The third kappa shape index (κ3) is 5.43. The Labute approximate surface area is 121 Å². The second-order valence-electron chi connectivity index (χ2n) is 5.66. The number of hydrogen-bond acceptors (Lipinski definition) is 2. The minimum Gasteiger partial charge on any atom is -0.481 e. The first-order valence-electron chi connectivity index (χ1n) is 6.96. The highest BCUT2D eigenvalue weighted by Gasteiger charge is 2.36. The number of amides is 2. The fraction of sp³-hybridized carbons (Fsp3) is 0.846. The number of aliphatic carboxylic acids is 1. The number of nitrogens with zero attached hydrogens (tertiary/aromatic N) is 1. The number of halogens is 3. The van der Waals surface area contributed by atoms with E-state index in [0.717, 1.165) is 6.42 Å². The first-order chi connectivity index (χ1) is 9.61. The highest BCUT2D eigenvalue weighted by molar-refractivity contribution is 5.75. The number of nitrogens with one attached hydrogen (secondary N) is 1. The number of carbonyl (C=O) groups excluding carboxylic acids is 1. The summed E-state index contributed by atoms with van der Waals surface area (Å²) in [5, 5.41) is 11.5. The van der Waals surface area contributed by atoms with E-state index < -0.39 is 36.7 Å². The zero-order chi connectivity index (χ0) is 16.2. The van der Waals surface area contributed by atoms with Crippen LogP contribution in [0, 0.1) is 11.8 Å². The Morgan fingerprint density at radius 1 is 1.33 bits per heavy atom. The maximum atomic E-state index is 12.4. The van der Waals surface area contributed by atoms with Gasteiger partial charge in [-0.1, -0.05) is 6.42 Å². The van der Waals surface area contributed by atoms with Crippen LogP contribution in [0.5, 0.6) is 0 Å². The molecular formula is C13H21F3N2O3. The Morgan fingerprint density at radius 3 is 2.43 bits per heavy atom. The maximum absolute atomic E-state index is 12.4. The Kier molecular flexibility index (Phi) is 5.86. The largest absolute Gasteiger partial charge is 0.481 e. The summed E-state index contributed by atoms with van der Waals surface area (Å²) in [7, 11) is 0. The average molecular weight is 310 g/mol. The van der Waals surface area contributed by atoms with Crippen LogP contribution in [0.4, 0.5) is 18.0 Å². The van der Waals surface area contributed by atoms with E-state index in [9.17, 15) is 22.8 Å². The third-order valence-electron chi connectivity index (χ3n) is 3.73. The van der Waals surface area contributed by atoms with Crippen molar-refractivity contribution in [3.05, 3.63) is 0 Å². The summed E-state index contributed by atoms with van der Waals surface area (Å²) in [6.07, 6.45) is -2.49. The SMILES string of the molecule is CC(C)N(CC(F)(F)F)C(=O)NCC1CCCC1C(=O)O. The molecule has 8 heteroatoms. The van der Waals surface area contributed by atoms with Gasteiger partial charge in [0.15, 0.2) is 0 Å². The Hall–Kier alpha value is -1.47. The van der Waals surface area contributed by atoms with Crippen molar-refractivity contribution in [2.24, 2.45) is 11.8 Å². The summed E-state index contributed by atoms with van der Waals surface area (Å²) in [5.74, 6) is -1.66. The van der Waals surface area contributed by atoms with Crippen molar-refractivity contribution < 1.29 is 27.9 Å². The summed E-state index contributed by atoms with van der Waals surface area (Å²) < 4.78 is 37.3. The lowest BCUT2D eigenvalue weighted by molar-refractivity contribution is -0.143. The molecule has 122 valence electrons. The number of carbonyl (C=O) groups is 2. The first kappa shape index (κ1) is 17.6. The van der Waals surface area contributed by atoms with Gasteiger partial charge in [0.05, 0.1) is 5.92 Å². The first-order valence-corrected chi connectivity index (χ1v) is 6.96. The molecule has 0 aromatic rings. The van der Waals surface area contributed by atoms with Crippen LogP contribution in [-0.2, 0) is 4.79 Å². The summed E-state index contributed by atoms with van der Waals surface area (Å²) in [4.78, 5) is 23.6. The van der Waals surface area contributed by atoms with Crippen LogP contribution in [-0.4, -0.2) is 47.3 Å². The number of hydrogen-bond donors (Lipinski definition) is 2. The molecule has 2 amide bonds. The highest BCUT2D eigenvalue weighted by atomic mass is 19.4. The van der Waals surface area contributed by atoms with Gasteiger partial charge >= 0.3 is 18.2 Å². The molecule has 0 spiro atoms. The van der Waals surface area contributed by atoms with Crippen molar-refractivity contribution >= 4 is 12.0 Å². The quantitative estimate of drug-likeness (QED) is 0.819. The lowest BCUT2D eigenvalue weighted by Crippen LogP contribution is -2.49. The van der Waals surface area contributed by atoms with Gasteiger partial charge in [-0.3, -0.25) is 4.79 Å². The van der Waals surface area contributed by atoms with Gasteiger partial charge in [0.2, 0.25) is 0 Å². The van der Waals surface area contributed by atoms with Crippen molar-refractivity contribution in [2.45, 2.75) is 45.3 Å². The van der Waals surface area contributed by atoms with Crippen LogP contribution in [0.25, 0.3) is 0 Å². The lowest BCUT2D eigenvalue weighted by atomic mass is 9.96. The Morgan fingerprint density at radius 2 is 1.95 bits per heavy atom. The maximum Gasteiger partial charge on any atom is 0.406 e. The molecule has 0 aromatic heterocycles. The molecule has 5 nitrogen and oxygen atoms in total. The second-order valence-corrected chi connectivity index (χ2v) is 5.66. The van der Waals surface area contributed by atoms with Gasteiger partial charge in [0.1, 0.15) is 6.54 Å². The molecular weight excluding hydrogens is 289 g/mol. The Bertz CT molecular complexity index is 385. The van der Waals surface area contributed by atoms with Crippen molar-refractivity contribution in [2.75, 3.05) is 13.1 Å². The summed E-state index contributed by atoms with van der Waals surface area (Å²) in [5.41, 5.74) is 0. The van der Waals surface area contributed by atoms with Crippen LogP contribution in [0.2, 0.25) is 0 Å². The van der Waals surface area contributed by atoms with Gasteiger partial charge in [-0.15, -0.1) is 0 Å². The minimum atomic E-state index is -4.46. The number of urea groups is 1. The van der Waals surface area contributed by atoms with Gasteiger partial charge < -0.3 is 15.3 Å². The number of carboxylic acids is 1. The van der Waals surface area contributed by atoms with Gasteiger partial charge in [0.25, 0.3) is 0 Å². The predicted molar refractivity (Wildman–Crippen MR) is 69.8 cm³/mol. The van der Waals surface area contributed by atoms with Gasteiger partial charge in [-0.05, 0) is 32.6 Å². The van der Waals surface area contributed by atoms with E-state index in [-0.39, 0.29) is 12.5 Å². The fourth-order valence-electron chi connectivity index (χ4n) is 2.61. The predicted octanol–water partition coefficient (Wildman–Crippen LogP) is 2.47. The average Bonchev–Trinajstić information content (AvgIpc) is 2.80. The molecule has 2 N–H and O–H groups in total. The van der Waals surface area contributed by atoms with Crippen LogP contribution in [0.1, 0.15) is 33.1 Å². The second kappa shape index (κ2) is 7.00. The van der Waals surface area contributed by atoms with E-state index in [1.54, 1.807) is 0 Å². The number of carboxylic acid groups (broad SMARTS) is 1. The topological polar surface area (TPSA) is 69.6 Å². The fourth-order valence-corrected chi connectivity index (χ4v) is 2.61. The van der Waals surface area contributed by atoms with Crippen LogP contribution in [0.3, 0.4) is 0 Å². The molecule has 0 radical (unpaired) electrons. The number of rotatable bonds is 5. The molecule has 0 aromatic carbocycles. The van der Waals surface area contributed by atoms with Gasteiger partial charge in [-0.25, -0.2) is 4.79 Å². The monoisotopic (exact) mass is 310 g/mol. The normalized spacial score (nSPS) is 22.4. The van der Waals surface area contributed by atoms with Crippen LogP contribution in [0.15, 0.2) is 0 Å². The molecule has 0 bridgehead atoms. The Balaban J connectivity index is 2.56. The molecule has 0 heterocycles. The van der Waals surface area contributed by atoms with Gasteiger partial charge in [-0.2, -0.15) is 13.2 Å². The van der Waals surface area contributed by atoms with Crippen molar-refractivity contribution in [3.8, 4) is 0 Å². The van der Waals surface area contributed by atoms with E-state index in [2.05, 4.69) is 5.32 Å². The highest BCUT2D eigenvalue weighted by Crippen LogP contribution is 2.31. The summed E-state index contributed by atoms with van der Waals surface area (Å²) in [6, 6.07) is -1.40. The summed E-state index contributed by atoms with van der Waals surface area (Å²) >= 11 is 0. The van der Waals surface area contributed by atoms with E-state index >= 15 is 0 Å². The zero-order valence-corrected chi connectivity index (χ0v) is 12.1. The standard InChI is InChI=1S/C13H21F3N2O3/c1-8(2)18(7-13(14,15)16)12(21)17-6-9-4-3-5-10(9)11(19)20/h8-10H,3-7H2,1-2H3,(H,17,21)(H,19,20). The molecule has 1 saturated carbocycles. The van der Waals surface area contributed by atoms with Gasteiger partial charge in [0, 0.05) is 12.6 Å². The van der Waals surface area contributed by atoms with E-state index in [4.69, 9.17) is 5.11 Å². The van der Waals surface area contributed by atoms with E-state index in [1.807, 2.05) is 0 Å². The third-order valence-corrected chi connectivity index (χ3v) is 3.73. The van der Waals surface area contributed by atoms with E-state index in [1.165, 1.54) is 13.8 Å². The molecule has 1 rings (SSSR count). The molecule has 21 heavy (non-hydrogen) atoms. The van der Waals surface area contributed by atoms with Crippen LogP contribution < -0.4 is 5.32 Å². The van der Waals surface area contributed by atoms with Crippen molar-refractivity contribution in [1.29, 1.82) is 0 Å². The smallest absolute Gasteiger partial charge is 0.406 e. The lowest BCUT2D eigenvalue weighted by Gasteiger charge is -2.28. The van der Waals surface area contributed by atoms with E-state index in [0.29, 0.717) is 17.7 Å². The molecule has 1 fully saturated rings. The molecule has 1 aliphatic carbocycles. The molecule has 1 aliphatic rings. The van der Waals surface area contributed by atoms with Crippen LogP contribution >= 0.6 is 0 Å². The minimum absolute atomic E-state index is 0.0941.